The van der Waals surface area contributed by atoms with Crippen molar-refractivity contribution in [1.29, 1.82) is 0 Å². The van der Waals surface area contributed by atoms with Gasteiger partial charge in [-0.2, -0.15) is 0 Å². The van der Waals surface area contributed by atoms with Crippen molar-refractivity contribution in [2.75, 3.05) is 41.0 Å². The monoisotopic (exact) mass is 885 g/mol. The minimum atomic E-state index is -0.877. The van der Waals surface area contributed by atoms with Gasteiger partial charge in [-0.3, -0.25) is 9.59 Å². The molecule has 8 nitrogen and oxygen atoms in total. The van der Waals surface area contributed by atoms with Gasteiger partial charge in [0.15, 0.2) is 12.1 Å². The van der Waals surface area contributed by atoms with E-state index < -0.39 is 18.1 Å². The predicted molar refractivity (Wildman–Crippen MR) is 266 cm³/mol. The summed E-state index contributed by atoms with van der Waals surface area (Å²) in [5, 5.41) is 9.66. The van der Waals surface area contributed by atoms with Crippen LogP contribution in [0.15, 0.2) is 60.8 Å². The Morgan fingerprint density at radius 2 is 0.889 bits per heavy atom. The largest absolute Gasteiger partial charge is 0.477 e. The Bertz CT molecular complexity index is 1210. The van der Waals surface area contributed by atoms with Crippen molar-refractivity contribution in [2.24, 2.45) is 0 Å². The van der Waals surface area contributed by atoms with E-state index in [9.17, 15) is 19.5 Å². The summed E-state index contributed by atoms with van der Waals surface area (Å²) in [7, 11) is 5.53. The zero-order chi connectivity index (χ0) is 46.3. The lowest BCUT2D eigenvalue weighted by atomic mass is 10.1. The van der Waals surface area contributed by atoms with Crippen LogP contribution in [0.1, 0.15) is 219 Å². The minimum Gasteiger partial charge on any atom is -0.477 e. The Labute approximate surface area is 388 Å². The van der Waals surface area contributed by atoms with Crippen LogP contribution in [-0.2, 0) is 28.6 Å². The summed E-state index contributed by atoms with van der Waals surface area (Å²) in [4.78, 5) is 37.2. The number of ether oxygens (including phenoxy) is 3. The van der Waals surface area contributed by atoms with E-state index >= 15 is 0 Å². The van der Waals surface area contributed by atoms with E-state index in [4.69, 9.17) is 14.2 Å². The van der Waals surface area contributed by atoms with Crippen molar-refractivity contribution in [3.63, 3.8) is 0 Å². The van der Waals surface area contributed by atoms with Gasteiger partial charge in [0.05, 0.1) is 34.4 Å². The first-order valence-corrected chi connectivity index (χ1v) is 25.8. The maximum atomic E-state index is 12.8. The van der Waals surface area contributed by atoms with Crippen LogP contribution in [0.2, 0.25) is 0 Å². The van der Waals surface area contributed by atoms with Crippen molar-refractivity contribution < 1.29 is 38.2 Å². The number of unbranched alkanes of at least 4 members (excludes halogenated alkanes) is 22. The number of nitrogens with zero attached hydrogens (tertiary/aromatic N) is 1. The van der Waals surface area contributed by atoms with Gasteiger partial charge in [0.2, 0.25) is 0 Å². The van der Waals surface area contributed by atoms with Crippen molar-refractivity contribution in [1.82, 2.24) is 0 Å². The molecule has 0 aliphatic heterocycles. The van der Waals surface area contributed by atoms with Gasteiger partial charge in [0.1, 0.15) is 6.61 Å². The molecule has 0 rings (SSSR count). The number of hydrogen-bond acceptors (Lipinski definition) is 6. The van der Waals surface area contributed by atoms with Gasteiger partial charge in [-0.05, 0) is 77.0 Å². The third-order valence-electron chi connectivity index (χ3n) is 11.4. The standard InChI is InChI=1S/C55H97NO7/c1-6-8-10-12-14-16-18-20-22-24-26-27-28-30-32-34-36-38-40-42-44-46-54(58)63-51(49-61-48-47-52(55(59)60)56(3,4)5)50-62-53(57)45-43-41-39-37-35-33-31-29-25-23-21-19-17-15-13-11-9-7-2/h8,10,14,16,20,22-23,25-27,51-52H,6-7,9,11-13,15,17-19,21,24,28-50H2,1-5H3/p+1/b10-8-,16-14-,22-20-,25-23-,27-26-. The number of aliphatic carboxylic acids is 1. The van der Waals surface area contributed by atoms with Gasteiger partial charge < -0.3 is 23.8 Å². The first-order valence-electron chi connectivity index (χ1n) is 25.8. The molecule has 0 amide bonds. The van der Waals surface area contributed by atoms with Crippen molar-refractivity contribution in [3.05, 3.63) is 60.8 Å². The van der Waals surface area contributed by atoms with Crippen molar-refractivity contribution >= 4 is 17.9 Å². The lowest BCUT2D eigenvalue weighted by Crippen LogP contribution is -2.50. The predicted octanol–water partition coefficient (Wildman–Crippen LogP) is 14.9. The van der Waals surface area contributed by atoms with E-state index in [1.807, 2.05) is 21.1 Å². The molecule has 0 saturated heterocycles. The van der Waals surface area contributed by atoms with Crippen molar-refractivity contribution in [2.45, 2.75) is 231 Å². The van der Waals surface area contributed by atoms with Crippen LogP contribution < -0.4 is 0 Å². The first-order chi connectivity index (χ1) is 30.6. The molecule has 0 aromatic rings. The van der Waals surface area contributed by atoms with Gasteiger partial charge in [0, 0.05) is 19.3 Å². The molecule has 0 fully saturated rings. The molecule has 63 heavy (non-hydrogen) atoms. The molecular formula is C55H98NO7+. The normalized spacial score (nSPS) is 13.3. The highest BCUT2D eigenvalue weighted by molar-refractivity contribution is 5.72. The topological polar surface area (TPSA) is 99.1 Å². The number of likely N-dealkylation sites (N-methyl/N-ethyl adjacent to an activating group) is 1. The average Bonchev–Trinajstić information content (AvgIpc) is 3.24. The van der Waals surface area contributed by atoms with Crippen LogP contribution in [0.3, 0.4) is 0 Å². The maximum absolute atomic E-state index is 12.8. The summed E-state index contributed by atoms with van der Waals surface area (Å²) >= 11 is 0. The average molecular weight is 885 g/mol. The third kappa shape index (κ3) is 44.0. The molecule has 0 aromatic carbocycles. The summed E-state index contributed by atoms with van der Waals surface area (Å²) in [6, 6.07) is -0.619. The number of quaternary nitrogens is 1. The van der Waals surface area contributed by atoms with Crippen LogP contribution in [0.5, 0.6) is 0 Å². The molecule has 8 heteroatoms. The number of carbonyl (C=O) groups excluding carboxylic acids is 2. The fraction of sp³-hybridized carbons (Fsp3) is 0.764. The minimum absolute atomic E-state index is 0.0553. The number of carboxylic acid groups (broad SMARTS) is 1. The summed E-state index contributed by atoms with van der Waals surface area (Å²) in [6.45, 7) is 4.63. The number of esters is 2. The molecule has 364 valence electrons. The highest BCUT2D eigenvalue weighted by Crippen LogP contribution is 2.15. The Morgan fingerprint density at radius 3 is 1.33 bits per heavy atom. The molecule has 0 aliphatic rings. The van der Waals surface area contributed by atoms with Crippen LogP contribution in [0.25, 0.3) is 0 Å². The second-order valence-corrected chi connectivity index (χ2v) is 18.4. The van der Waals surface area contributed by atoms with E-state index in [0.717, 1.165) is 70.6 Å². The molecule has 0 aliphatic carbocycles. The van der Waals surface area contributed by atoms with Crippen LogP contribution in [0.4, 0.5) is 0 Å². The maximum Gasteiger partial charge on any atom is 0.362 e. The molecule has 0 radical (unpaired) electrons. The summed E-state index contributed by atoms with van der Waals surface area (Å²) in [6.07, 6.45) is 56.9. The lowest BCUT2D eigenvalue weighted by molar-refractivity contribution is -0.887. The highest BCUT2D eigenvalue weighted by atomic mass is 16.6. The molecule has 0 heterocycles. The Hall–Kier alpha value is -2.97. The summed E-state index contributed by atoms with van der Waals surface area (Å²) in [5.41, 5.74) is 0. The van der Waals surface area contributed by atoms with E-state index in [0.29, 0.717) is 19.3 Å². The molecule has 0 saturated carbocycles. The molecule has 2 unspecified atom stereocenters. The van der Waals surface area contributed by atoms with Gasteiger partial charge in [-0.15, -0.1) is 0 Å². The van der Waals surface area contributed by atoms with Gasteiger partial charge >= 0.3 is 17.9 Å². The Morgan fingerprint density at radius 1 is 0.492 bits per heavy atom. The Balaban J connectivity index is 4.27. The summed E-state index contributed by atoms with van der Waals surface area (Å²) < 4.78 is 17.4. The second kappa shape index (κ2) is 45.6. The SMILES string of the molecule is CC/C=C\C/C=C\C/C=C\C/C=C\CCCCCCCCCCC(=O)OC(COCCC(C(=O)O)[N+](C)(C)C)COC(=O)CCCCCCCCC/C=C\CCCCCCCCC. The highest BCUT2D eigenvalue weighted by Gasteiger charge is 2.31. The number of rotatable bonds is 46. The molecule has 0 bridgehead atoms. The van der Waals surface area contributed by atoms with Gasteiger partial charge in [0.25, 0.3) is 0 Å². The van der Waals surface area contributed by atoms with E-state index in [1.165, 1.54) is 116 Å². The number of allylic oxidation sites excluding steroid dienone is 10. The van der Waals surface area contributed by atoms with Crippen LogP contribution in [-0.4, -0.2) is 80.6 Å². The molecule has 0 aromatic heterocycles. The number of carbonyl (C=O) groups is 3. The van der Waals surface area contributed by atoms with Gasteiger partial charge in [-0.25, -0.2) is 4.79 Å². The Kier molecular flexibility index (Phi) is 43.4. The molecule has 0 spiro atoms. The van der Waals surface area contributed by atoms with E-state index in [-0.39, 0.29) is 36.2 Å². The lowest BCUT2D eigenvalue weighted by Gasteiger charge is -2.31. The second-order valence-electron chi connectivity index (χ2n) is 18.4. The van der Waals surface area contributed by atoms with E-state index in [1.54, 1.807) is 0 Å². The first kappa shape index (κ1) is 60.0. The van der Waals surface area contributed by atoms with Crippen LogP contribution in [0, 0.1) is 0 Å². The van der Waals surface area contributed by atoms with Crippen molar-refractivity contribution in [3.8, 4) is 0 Å². The third-order valence-corrected chi connectivity index (χ3v) is 11.4. The fourth-order valence-corrected chi connectivity index (χ4v) is 7.43. The molecule has 1 N–H and O–H groups in total. The summed E-state index contributed by atoms with van der Waals surface area (Å²) in [5.74, 6) is -1.48. The zero-order valence-corrected chi connectivity index (χ0v) is 41.5. The fourth-order valence-electron chi connectivity index (χ4n) is 7.43. The van der Waals surface area contributed by atoms with Crippen LogP contribution >= 0.6 is 0 Å². The quantitative estimate of drug-likeness (QED) is 0.0281. The smallest absolute Gasteiger partial charge is 0.362 e. The zero-order valence-electron chi connectivity index (χ0n) is 41.5. The number of hydrogen-bond donors (Lipinski definition) is 1. The van der Waals surface area contributed by atoms with Gasteiger partial charge in [-0.1, -0.05) is 184 Å². The molecule has 2 atom stereocenters. The molecular weight excluding hydrogens is 787 g/mol. The van der Waals surface area contributed by atoms with E-state index in [2.05, 4.69) is 74.6 Å². The number of carboxylic acids is 1.